The lowest BCUT2D eigenvalue weighted by atomic mass is 9.75. The SMILES string of the molecule is COc1cccc(C(=O)NCCCC(CCCNC(=O)c2cccc(OC)c2OC)(CCNC(=O)c2cccc(OC)c2OC)C(=O)NCNC(=O)C(C)(C)C)c1OC. The summed E-state index contributed by atoms with van der Waals surface area (Å²) < 4.78 is 32.4. The maximum atomic E-state index is 14.4. The largest absolute Gasteiger partial charge is 0.493 e. The van der Waals surface area contributed by atoms with Gasteiger partial charge in [-0.05, 0) is 68.5 Å². The molecule has 16 heteroatoms. The molecular formula is C43H59N5O11. The maximum Gasteiger partial charge on any atom is 0.255 e. The summed E-state index contributed by atoms with van der Waals surface area (Å²) >= 11 is 0. The number of methoxy groups -OCH3 is 6. The third-order valence-corrected chi connectivity index (χ3v) is 9.73. The Morgan fingerprint density at radius 1 is 0.458 bits per heavy atom. The van der Waals surface area contributed by atoms with Crippen molar-refractivity contribution in [3.63, 3.8) is 0 Å². The second kappa shape index (κ2) is 22.7. The fraction of sp³-hybridized carbons (Fsp3) is 0.465. The topological polar surface area (TPSA) is 201 Å². The van der Waals surface area contributed by atoms with Gasteiger partial charge in [0.05, 0.1) is 71.4 Å². The number of para-hydroxylation sites is 3. The predicted octanol–water partition coefficient (Wildman–Crippen LogP) is 4.50. The van der Waals surface area contributed by atoms with Crippen LogP contribution in [0.3, 0.4) is 0 Å². The molecule has 0 unspecified atom stereocenters. The van der Waals surface area contributed by atoms with E-state index < -0.39 is 28.6 Å². The van der Waals surface area contributed by atoms with Crippen molar-refractivity contribution < 1.29 is 52.4 Å². The van der Waals surface area contributed by atoms with E-state index >= 15 is 0 Å². The van der Waals surface area contributed by atoms with E-state index in [2.05, 4.69) is 26.6 Å². The number of carbonyl (C=O) groups is 5. The molecule has 0 bridgehead atoms. The van der Waals surface area contributed by atoms with Gasteiger partial charge in [-0.3, -0.25) is 24.0 Å². The van der Waals surface area contributed by atoms with Crippen LogP contribution in [0, 0.1) is 10.8 Å². The van der Waals surface area contributed by atoms with Gasteiger partial charge in [-0.2, -0.15) is 0 Å². The van der Waals surface area contributed by atoms with Gasteiger partial charge in [0.25, 0.3) is 17.7 Å². The fourth-order valence-corrected chi connectivity index (χ4v) is 6.53. The van der Waals surface area contributed by atoms with E-state index in [-0.39, 0.29) is 91.3 Å². The Kier molecular flexibility index (Phi) is 18.1. The molecule has 0 saturated heterocycles. The summed E-state index contributed by atoms with van der Waals surface area (Å²) in [5.74, 6) is 0.173. The highest BCUT2D eigenvalue weighted by molar-refractivity contribution is 5.99. The number of hydrogen-bond acceptors (Lipinski definition) is 11. The highest BCUT2D eigenvalue weighted by atomic mass is 16.5. The fourth-order valence-electron chi connectivity index (χ4n) is 6.53. The van der Waals surface area contributed by atoms with Crippen LogP contribution in [0.1, 0.15) is 83.9 Å². The van der Waals surface area contributed by atoms with Gasteiger partial charge in [0.15, 0.2) is 34.5 Å². The third-order valence-electron chi connectivity index (χ3n) is 9.73. The Bertz CT molecular complexity index is 1840. The van der Waals surface area contributed by atoms with Gasteiger partial charge < -0.3 is 55.0 Å². The first-order valence-electron chi connectivity index (χ1n) is 19.3. The van der Waals surface area contributed by atoms with E-state index in [0.717, 1.165) is 0 Å². The van der Waals surface area contributed by atoms with Crippen molar-refractivity contribution in [2.24, 2.45) is 10.8 Å². The normalized spacial score (nSPS) is 11.1. The molecule has 0 aliphatic carbocycles. The van der Waals surface area contributed by atoms with Crippen molar-refractivity contribution in [1.29, 1.82) is 0 Å². The van der Waals surface area contributed by atoms with Crippen molar-refractivity contribution in [3.8, 4) is 34.5 Å². The second-order valence-corrected chi connectivity index (χ2v) is 14.6. The molecule has 0 aromatic heterocycles. The van der Waals surface area contributed by atoms with Crippen LogP contribution in [0.4, 0.5) is 0 Å². The lowest BCUT2D eigenvalue weighted by Crippen LogP contribution is -2.49. The Morgan fingerprint density at radius 2 is 0.814 bits per heavy atom. The number of rotatable bonds is 23. The molecule has 0 saturated carbocycles. The summed E-state index contributed by atoms with van der Waals surface area (Å²) in [7, 11) is 8.77. The molecule has 16 nitrogen and oxygen atoms in total. The monoisotopic (exact) mass is 821 g/mol. The lowest BCUT2D eigenvalue weighted by Gasteiger charge is -2.33. The minimum absolute atomic E-state index is 0.0711. The van der Waals surface area contributed by atoms with Crippen molar-refractivity contribution in [2.75, 3.05) is 69.0 Å². The number of nitrogens with one attached hydrogen (secondary N) is 5. The molecule has 0 atom stereocenters. The summed E-state index contributed by atoms with van der Waals surface area (Å²) in [5.41, 5.74) is -1.03. The summed E-state index contributed by atoms with van der Waals surface area (Å²) in [5, 5.41) is 14.4. The number of carbonyl (C=O) groups excluding carboxylic acids is 5. The Morgan fingerprint density at radius 3 is 1.15 bits per heavy atom. The number of benzene rings is 3. The minimum atomic E-state index is -1.14. The minimum Gasteiger partial charge on any atom is -0.493 e. The first kappa shape index (κ1) is 47.2. The lowest BCUT2D eigenvalue weighted by molar-refractivity contribution is -0.133. The molecule has 3 rings (SSSR count). The highest BCUT2D eigenvalue weighted by Crippen LogP contribution is 2.36. The molecule has 0 spiro atoms. The first-order valence-corrected chi connectivity index (χ1v) is 19.3. The van der Waals surface area contributed by atoms with Crippen LogP contribution < -0.4 is 55.0 Å². The average Bonchev–Trinajstić information content (AvgIpc) is 3.24. The van der Waals surface area contributed by atoms with Gasteiger partial charge in [0.1, 0.15) is 0 Å². The second-order valence-electron chi connectivity index (χ2n) is 14.6. The molecule has 0 fully saturated rings. The van der Waals surface area contributed by atoms with Crippen LogP contribution in [-0.2, 0) is 9.59 Å². The standard InChI is InChI=1S/C43H59N5O11/c1-42(2,3)40(52)47-27-48-41(53)43(23-26-46-39(51)30-17-12-20-33(56-6)36(30)59-9,21-13-24-44-37(49)28-15-10-18-31(54-4)34(28)57-7)22-14-25-45-38(50)29-16-11-19-32(55-5)35(29)58-8/h10-12,15-20H,13-14,21-27H2,1-9H3,(H,44,49)(H,45,50)(H,46,51)(H,47,52)(H,48,53). The van der Waals surface area contributed by atoms with Crippen molar-refractivity contribution >= 4 is 29.5 Å². The van der Waals surface area contributed by atoms with Crippen LogP contribution >= 0.6 is 0 Å². The van der Waals surface area contributed by atoms with Crippen molar-refractivity contribution in [3.05, 3.63) is 71.3 Å². The Balaban J connectivity index is 1.89. The number of amides is 5. The zero-order valence-corrected chi connectivity index (χ0v) is 35.6. The number of hydrogen-bond donors (Lipinski definition) is 5. The average molecular weight is 822 g/mol. The maximum absolute atomic E-state index is 14.4. The van der Waals surface area contributed by atoms with Crippen LogP contribution in [0.15, 0.2) is 54.6 Å². The van der Waals surface area contributed by atoms with Crippen LogP contribution in [0.5, 0.6) is 34.5 Å². The van der Waals surface area contributed by atoms with E-state index in [9.17, 15) is 24.0 Å². The van der Waals surface area contributed by atoms with E-state index in [1.165, 1.54) is 42.7 Å². The molecule has 322 valence electrons. The van der Waals surface area contributed by atoms with Gasteiger partial charge in [0.2, 0.25) is 11.8 Å². The molecule has 5 amide bonds. The van der Waals surface area contributed by atoms with E-state index in [1.807, 2.05) is 0 Å². The van der Waals surface area contributed by atoms with E-state index in [1.54, 1.807) is 75.4 Å². The molecule has 59 heavy (non-hydrogen) atoms. The predicted molar refractivity (Wildman–Crippen MR) is 222 cm³/mol. The summed E-state index contributed by atoms with van der Waals surface area (Å²) in [6.45, 7) is 5.60. The summed E-state index contributed by atoms with van der Waals surface area (Å²) in [6, 6.07) is 14.9. The van der Waals surface area contributed by atoms with E-state index in [0.29, 0.717) is 30.1 Å². The summed E-state index contributed by atoms with van der Waals surface area (Å²) in [4.78, 5) is 67.2. The Labute approximate surface area is 346 Å². The zero-order chi connectivity index (χ0) is 43.6. The molecule has 5 N–H and O–H groups in total. The van der Waals surface area contributed by atoms with Gasteiger partial charge in [0, 0.05) is 25.0 Å². The molecule has 0 aliphatic heterocycles. The molecule has 3 aromatic carbocycles. The van der Waals surface area contributed by atoms with Crippen LogP contribution in [0.25, 0.3) is 0 Å². The number of ether oxygens (including phenoxy) is 6. The van der Waals surface area contributed by atoms with Gasteiger partial charge in [-0.15, -0.1) is 0 Å². The van der Waals surface area contributed by atoms with E-state index in [4.69, 9.17) is 28.4 Å². The van der Waals surface area contributed by atoms with Crippen LogP contribution in [-0.4, -0.2) is 98.5 Å². The quantitative estimate of drug-likeness (QED) is 0.0667. The molecular weight excluding hydrogens is 762 g/mol. The summed E-state index contributed by atoms with van der Waals surface area (Å²) in [6.07, 6.45) is 1.39. The van der Waals surface area contributed by atoms with Crippen molar-refractivity contribution in [1.82, 2.24) is 26.6 Å². The van der Waals surface area contributed by atoms with Crippen molar-refractivity contribution in [2.45, 2.75) is 52.9 Å². The smallest absolute Gasteiger partial charge is 0.255 e. The molecule has 3 aromatic rings. The van der Waals surface area contributed by atoms with Gasteiger partial charge in [-0.25, -0.2) is 0 Å². The van der Waals surface area contributed by atoms with Gasteiger partial charge in [-0.1, -0.05) is 39.0 Å². The molecule has 0 heterocycles. The third kappa shape index (κ3) is 12.6. The zero-order valence-electron chi connectivity index (χ0n) is 35.6. The molecule has 0 radical (unpaired) electrons. The first-order chi connectivity index (χ1) is 28.2. The van der Waals surface area contributed by atoms with Crippen LogP contribution in [0.2, 0.25) is 0 Å². The highest BCUT2D eigenvalue weighted by Gasteiger charge is 2.38. The molecule has 0 aliphatic rings. The Hall–Kier alpha value is -6.19. The van der Waals surface area contributed by atoms with Gasteiger partial charge >= 0.3 is 0 Å².